The van der Waals surface area contributed by atoms with Crippen molar-refractivity contribution in [2.75, 3.05) is 0 Å². The van der Waals surface area contributed by atoms with Crippen LogP contribution < -0.4 is 0 Å². The summed E-state index contributed by atoms with van der Waals surface area (Å²) in [5.41, 5.74) is -0.0907. The first-order valence-corrected chi connectivity index (χ1v) is 6.50. The van der Waals surface area contributed by atoms with E-state index in [0.29, 0.717) is 9.24 Å². The number of nitro benzene ring substituents is 1. The van der Waals surface area contributed by atoms with Gasteiger partial charge in [-0.3, -0.25) is 10.1 Å². The fraction of sp³-hybridized carbons (Fsp3) is 0.111. The maximum atomic E-state index is 10.9. The van der Waals surface area contributed by atoms with Crippen LogP contribution in [0.4, 0.5) is 5.69 Å². The molecule has 0 bridgehead atoms. The third-order valence-corrected chi connectivity index (χ3v) is 4.08. The Hall–Kier alpha value is -1.18. The molecule has 2 aromatic rings. The summed E-state index contributed by atoms with van der Waals surface area (Å²) < 4.78 is 0.660. The molecule has 1 heterocycles. The second kappa shape index (κ2) is 4.99. The van der Waals surface area contributed by atoms with E-state index in [1.54, 1.807) is 12.1 Å². The minimum absolute atomic E-state index is 0.0907. The van der Waals surface area contributed by atoms with Gasteiger partial charge >= 0.3 is 5.69 Å². The number of aryl methyl sites for hydroxylation is 1. The zero-order chi connectivity index (χ0) is 12.4. The van der Waals surface area contributed by atoms with Crippen LogP contribution >= 0.6 is 34.7 Å². The van der Waals surface area contributed by atoms with Crippen molar-refractivity contribution in [3.05, 3.63) is 38.3 Å². The lowest BCUT2D eigenvalue weighted by Gasteiger charge is -2.00. The molecule has 0 fully saturated rings. The van der Waals surface area contributed by atoms with Gasteiger partial charge < -0.3 is 0 Å². The van der Waals surface area contributed by atoms with Gasteiger partial charge in [0.05, 0.1) is 9.82 Å². The van der Waals surface area contributed by atoms with Crippen molar-refractivity contribution in [1.29, 1.82) is 0 Å². The second-order valence-electron chi connectivity index (χ2n) is 3.03. The van der Waals surface area contributed by atoms with Crippen LogP contribution in [0.2, 0.25) is 5.02 Å². The molecular formula is C9H6ClN3O2S2. The Morgan fingerprint density at radius 2 is 2.24 bits per heavy atom. The molecule has 0 radical (unpaired) electrons. The van der Waals surface area contributed by atoms with Crippen LogP contribution in [-0.2, 0) is 0 Å². The number of nitro groups is 1. The van der Waals surface area contributed by atoms with Gasteiger partial charge in [0, 0.05) is 0 Å². The third-order valence-electron chi connectivity index (χ3n) is 1.84. The van der Waals surface area contributed by atoms with Crippen molar-refractivity contribution in [3.63, 3.8) is 0 Å². The molecule has 0 unspecified atom stereocenters. The van der Waals surface area contributed by atoms with Gasteiger partial charge in [0.25, 0.3) is 0 Å². The maximum Gasteiger partial charge on any atom is 0.301 e. The van der Waals surface area contributed by atoms with Crippen molar-refractivity contribution in [2.45, 2.75) is 16.2 Å². The van der Waals surface area contributed by atoms with Crippen LogP contribution in [0.15, 0.2) is 27.4 Å². The van der Waals surface area contributed by atoms with E-state index in [0.717, 1.165) is 5.01 Å². The quantitative estimate of drug-likeness (QED) is 0.638. The molecule has 1 aromatic heterocycles. The van der Waals surface area contributed by atoms with Crippen molar-refractivity contribution in [1.82, 2.24) is 10.2 Å². The maximum absolute atomic E-state index is 10.9. The Kier molecular flexibility index (Phi) is 3.60. The van der Waals surface area contributed by atoms with Gasteiger partial charge in [0.1, 0.15) is 10.0 Å². The standard InChI is InChI=1S/C9H6ClN3O2S2/c1-5-11-12-9(16-5)17-7-4-2-3-6(10)8(7)13(14)15/h2-4H,1H3. The lowest BCUT2D eigenvalue weighted by molar-refractivity contribution is -0.387. The molecule has 88 valence electrons. The Bertz CT molecular complexity index is 573. The van der Waals surface area contributed by atoms with Gasteiger partial charge in [-0.1, -0.05) is 29.0 Å². The van der Waals surface area contributed by atoms with Crippen molar-refractivity contribution in [2.24, 2.45) is 0 Å². The molecule has 2 rings (SSSR count). The Morgan fingerprint density at radius 3 is 2.82 bits per heavy atom. The van der Waals surface area contributed by atoms with Gasteiger partial charge in [0.2, 0.25) is 0 Å². The van der Waals surface area contributed by atoms with Gasteiger partial charge in [-0.05, 0) is 30.8 Å². The van der Waals surface area contributed by atoms with Crippen LogP contribution in [-0.4, -0.2) is 15.1 Å². The molecule has 0 N–H and O–H groups in total. The van der Waals surface area contributed by atoms with Crippen molar-refractivity contribution < 1.29 is 4.92 Å². The van der Waals surface area contributed by atoms with Crippen LogP contribution in [0, 0.1) is 17.0 Å². The molecule has 0 aliphatic rings. The summed E-state index contributed by atoms with van der Waals surface area (Å²) in [6.07, 6.45) is 0. The van der Waals surface area contributed by atoms with E-state index >= 15 is 0 Å². The predicted molar refractivity (Wildman–Crippen MR) is 66.9 cm³/mol. The lowest BCUT2D eigenvalue weighted by Crippen LogP contribution is -1.91. The lowest BCUT2D eigenvalue weighted by atomic mass is 10.3. The first-order chi connectivity index (χ1) is 8.08. The number of hydrogen-bond acceptors (Lipinski definition) is 6. The van der Waals surface area contributed by atoms with Gasteiger partial charge in [-0.25, -0.2) is 0 Å². The van der Waals surface area contributed by atoms with E-state index < -0.39 is 4.92 Å². The minimum atomic E-state index is -0.488. The summed E-state index contributed by atoms with van der Waals surface area (Å²) in [7, 11) is 0. The van der Waals surface area contributed by atoms with E-state index in [2.05, 4.69) is 10.2 Å². The Morgan fingerprint density at radius 1 is 1.47 bits per heavy atom. The van der Waals surface area contributed by atoms with E-state index in [-0.39, 0.29) is 10.7 Å². The number of benzene rings is 1. The summed E-state index contributed by atoms with van der Waals surface area (Å²) in [4.78, 5) is 10.9. The monoisotopic (exact) mass is 287 g/mol. The van der Waals surface area contributed by atoms with Crippen LogP contribution in [0.5, 0.6) is 0 Å². The SMILES string of the molecule is Cc1nnc(Sc2cccc(Cl)c2[N+](=O)[O-])s1. The van der Waals surface area contributed by atoms with Crippen LogP contribution in [0.3, 0.4) is 0 Å². The predicted octanol–water partition coefficient (Wildman–Crippen LogP) is 3.56. The molecule has 5 nitrogen and oxygen atoms in total. The van der Waals surface area contributed by atoms with Gasteiger partial charge in [-0.2, -0.15) is 0 Å². The second-order valence-corrected chi connectivity index (χ2v) is 5.91. The van der Waals surface area contributed by atoms with Crippen molar-refractivity contribution in [3.8, 4) is 0 Å². The molecule has 0 spiro atoms. The highest BCUT2D eigenvalue weighted by Gasteiger charge is 2.20. The smallest absolute Gasteiger partial charge is 0.258 e. The molecular weight excluding hydrogens is 282 g/mol. The number of aromatic nitrogens is 2. The van der Waals surface area contributed by atoms with E-state index in [1.807, 2.05) is 6.92 Å². The van der Waals surface area contributed by atoms with Gasteiger partial charge in [-0.15, -0.1) is 10.2 Å². The molecule has 0 saturated carbocycles. The first-order valence-electron chi connectivity index (χ1n) is 4.49. The summed E-state index contributed by atoms with van der Waals surface area (Å²) in [6, 6.07) is 4.81. The average Bonchev–Trinajstić information content (AvgIpc) is 2.63. The number of halogens is 1. The molecule has 0 saturated heterocycles. The zero-order valence-electron chi connectivity index (χ0n) is 8.58. The fourth-order valence-electron chi connectivity index (χ4n) is 1.17. The normalized spacial score (nSPS) is 10.5. The largest absolute Gasteiger partial charge is 0.301 e. The van der Waals surface area contributed by atoms with Crippen molar-refractivity contribution >= 4 is 40.4 Å². The Balaban J connectivity index is 2.39. The number of para-hydroxylation sites is 1. The summed E-state index contributed by atoms with van der Waals surface area (Å²) >= 11 is 8.39. The minimum Gasteiger partial charge on any atom is -0.258 e. The summed E-state index contributed by atoms with van der Waals surface area (Å²) in [5.74, 6) is 0. The third kappa shape index (κ3) is 2.74. The van der Waals surface area contributed by atoms with Gasteiger partial charge in [0.15, 0.2) is 4.34 Å². The fourth-order valence-corrected chi connectivity index (χ4v) is 3.38. The van der Waals surface area contributed by atoms with Crippen LogP contribution in [0.1, 0.15) is 5.01 Å². The molecule has 1 aromatic carbocycles. The molecule has 0 aliphatic heterocycles. The van der Waals surface area contributed by atoms with E-state index in [9.17, 15) is 10.1 Å². The van der Waals surface area contributed by atoms with E-state index in [4.69, 9.17) is 11.6 Å². The van der Waals surface area contributed by atoms with Crippen LogP contribution in [0.25, 0.3) is 0 Å². The van der Waals surface area contributed by atoms with E-state index in [1.165, 1.54) is 29.2 Å². The molecule has 8 heteroatoms. The highest BCUT2D eigenvalue weighted by molar-refractivity contribution is 8.01. The highest BCUT2D eigenvalue weighted by Crippen LogP contribution is 2.39. The topological polar surface area (TPSA) is 68.9 Å². The molecule has 0 atom stereocenters. The molecule has 0 amide bonds. The molecule has 17 heavy (non-hydrogen) atoms. The average molecular weight is 288 g/mol. The summed E-state index contributed by atoms with van der Waals surface area (Å²) in [5, 5.41) is 19.6. The first kappa shape index (κ1) is 12.3. The highest BCUT2D eigenvalue weighted by atomic mass is 35.5. The molecule has 0 aliphatic carbocycles. The Labute approximate surface area is 110 Å². The zero-order valence-corrected chi connectivity index (χ0v) is 11.0. The number of rotatable bonds is 3. The number of nitrogens with zero attached hydrogens (tertiary/aromatic N) is 3. The summed E-state index contributed by atoms with van der Waals surface area (Å²) in [6.45, 7) is 1.83. The number of hydrogen-bond donors (Lipinski definition) is 0.